The van der Waals surface area contributed by atoms with Gasteiger partial charge >= 0.3 is 0 Å². The molecule has 21 heavy (non-hydrogen) atoms. The van der Waals surface area contributed by atoms with E-state index in [0.29, 0.717) is 22.7 Å². The fourth-order valence-electron chi connectivity index (χ4n) is 2.68. The summed E-state index contributed by atoms with van der Waals surface area (Å²) in [6.07, 6.45) is 3.27. The Morgan fingerprint density at radius 1 is 1.38 bits per heavy atom. The molecule has 4 N–H and O–H groups in total. The quantitative estimate of drug-likeness (QED) is 0.587. The number of rotatable bonds is 3. The summed E-state index contributed by atoms with van der Waals surface area (Å²) in [6.45, 7) is 1.98. The maximum atomic E-state index is 11.9. The molecule has 2 aliphatic carbocycles. The lowest BCUT2D eigenvalue weighted by Crippen LogP contribution is -2.22. The van der Waals surface area contributed by atoms with Gasteiger partial charge in [0, 0.05) is 11.8 Å². The Balaban J connectivity index is 2.04. The lowest BCUT2D eigenvalue weighted by molar-refractivity contribution is -0.117. The minimum absolute atomic E-state index is 0.0507. The highest BCUT2D eigenvalue weighted by Gasteiger charge is 2.34. The van der Waals surface area contributed by atoms with Gasteiger partial charge in [0.25, 0.3) is 5.91 Å². The number of oxime groups is 1. The molecule has 2 amide bonds. The van der Waals surface area contributed by atoms with E-state index in [9.17, 15) is 14.8 Å². The minimum Gasteiger partial charge on any atom is -0.411 e. The van der Waals surface area contributed by atoms with Crippen LogP contribution in [0.5, 0.6) is 0 Å². The second-order valence-corrected chi connectivity index (χ2v) is 6.69. The van der Waals surface area contributed by atoms with Crippen molar-refractivity contribution < 1.29 is 14.8 Å². The first-order valence-electron chi connectivity index (χ1n) is 7.01. The van der Waals surface area contributed by atoms with Crippen molar-refractivity contribution in [3.63, 3.8) is 0 Å². The summed E-state index contributed by atoms with van der Waals surface area (Å²) in [4.78, 5) is 24.5. The van der Waals surface area contributed by atoms with Crippen molar-refractivity contribution in [2.24, 2.45) is 22.7 Å². The lowest BCUT2D eigenvalue weighted by atomic mass is 9.86. The highest BCUT2D eigenvalue weighted by molar-refractivity contribution is 7.19. The smallest absolute Gasteiger partial charge is 0.252 e. The highest BCUT2D eigenvalue weighted by atomic mass is 32.1. The molecule has 0 bridgehead atoms. The Bertz CT molecular complexity index is 646. The largest absolute Gasteiger partial charge is 0.411 e. The van der Waals surface area contributed by atoms with E-state index in [0.717, 1.165) is 29.7 Å². The zero-order valence-corrected chi connectivity index (χ0v) is 12.5. The van der Waals surface area contributed by atoms with Crippen LogP contribution in [-0.4, -0.2) is 22.7 Å². The summed E-state index contributed by atoms with van der Waals surface area (Å²) < 4.78 is 0. The third kappa shape index (κ3) is 2.42. The van der Waals surface area contributed by atoms with Gasteiger partial charge < -0.3 is 16.3 Å². The third-order valence-electron chi connectivity index (χ3n) is 4.07. The second kappa shape index (κ2) is 5.14. The standard InChI is InChI=1S/C14H17N3O3S/c1-6-2-5-8-9(12(15)18)14(16-13(19)7-3-4-7)21-11(8)10(6)17-20/h6-7,20H,2-5H2,1H3,(H2,15,18)(H,16,19). The Hall–Kier alpha value is -1.89. The number of hydrogen-bond donors (Lipinski definition) is 3. The molecule has 3 rings (SSSR count). The third-order valence-corrected chi connectivity index (χ3v) is 5.24. The molecule has 0 radical (unpaired) electrons. The maximum absolute atomic E-state index is 11.9. The molecule has 0 saturated heterocycles. The molecule has 1 unspecified atom stereocenters. The van der Waals surface area contributed by atoms with Gasteiger partial charge in [0.05, 0.1) is 16.2 Å². The molecule has 0 spiro atoms. The first-order valence-corrected chi connectivity index (χ1v) is 7.83. The Labute approximate surface area is 126 Å². The number of hydrogen-bond acceptors (Lipinski definition) is 5. The summed E-state index contributed by atoms with van der Waals surface area (Å²) in [5.74, 6) is -0.444. The van der Waals surface area contributed by atoms with Crippen LogP contribution in [0, 0.1) is 11.8 Å². The molecule has 0 aromatic carbocycles. The molecule has 1 heterocycles. The molecule has 1 atom stereocenters. The fourth-order valence-corrected chi connectivity index (χ4v) is 4.04. The van der Waals surface area contributed by atoms with E-state index in [2.05, 4.69) is 10.5 Å². The van der Waals surface area contributed by atoms with Crippen LogP contribution in [0.3, 0.4) is 0 Å². The summed E-state index contributed by atoms with van der Waals surface area (Å²) in [6, 6.07) is 0. The molecule has 6 nitrogen and oxygen atoms in total. The number of fused-ring (bicyclic) bond motifs is 1. The van der Waals surface area contributed by atoms with Crippen LogP contribution in [0.15, 0.2) is 5.16 Å². The fraction of sp³-hybridized carbons (Fsp3) is 0.500. The number of nitrogens with zero attached hydrogens (tertiary/aromatic N) is 1. The SMILES string of the molecule is CC1CCc2c(sc(NC(=O)C3CC3)c2C(N)=O)C1=NO. The summed E-state index contributed by atoms with van der Waals surface area (Å²) >= 11 is 1.28. The normalized spacial score (nSPS) is 22.9. The average Bonchev–Trinajstić information content (AvgIpc) is 3.21. The number of amides is 2. The van der Waals surface area contributed by atoms with E-state index in [-0.39, 0.29) is 17.7 Å². The van der Waals surface area contributed by atoms with E-state index < -0.39 is 5.91 Å². The molecule has 1 aromatic heterocycles. The Kier molecular flexibility index (Phi) is 3.44. The first-order chi connectivity index (χ1) is 10.0. The molecule has 2 aliphatic rings. The number of carbonyl (C=O) groups excluding carboxylic acids is 2. The number of thiophene rings is 1. The summed E-state index contributed by atoms with van der Waals surface area (Å²) in [5.41, 5.74) is 7.22. The van der Waals surface area contributed by atoms with Crippen molar-refractivity contribution in [2.45, 2.75) is 32.6 Å². The topological polar surface area (TPSA) is 105 Å². The van der Waals surface area contributed by atoms with Crippen molar-refractivity contribution in [1.82, 2.24) is 0 Å². The molecule has 112 valence electrons. The Morgan fingerprint density at radius 2 is 2.10 bits per heavy atom. The van der Waals surface area contributed by atoms with Crippen LogP contribution in [0.1, 0.15) is 47.0 Å². The molecular weight excluding hydrogens is 290 g/mol. The van der Waals surface area contributed by atoms with Gasteiger partial charge in [-0.25, -0.2) is 0 Å². The van der Waals surface area contributed by atoms with Gasteiger partial charge in [-0.1, -0.05) is 12.1 Å². The van der Waals surface area contributed by atoms with E-state index >= 15 is 0 Å². The van der Waals surface area contributed by atoms with Gasteiger partial charge in [-0.3, -0.25) is 9.59 Å². The van der Waals surface area contributed by atoms with Crippen LogP contribution >= 0.6 is 11.3 Å². The van der Waals surface area contributed by atoms with Gasteiger partial charge in [0.2, 0.25) is 5.91 Å². The molecule has 0 aliphatic heterocycles. The van der Waals surface area contributed by atoms with Crippen LogP contribution in [0.25, 0.3) is 0 Å². The van der Waals surface area contributed by atoms with E-state index in [1.807, 2.05) is 6.92 Å². The first kappa shape index (κ1) is 14.1. The van der Waals surface area contributed by atoms with Gasteiger partial charge in [0.1, 0.15) is 5.00 Å². The molecule has 1 fully saturated rings. The predicted octanol–water partition coefficient (Wildman–Crippen LogP) is 1.96. The van der Waals surface area contributed by atoms with Crippen molar-refractivity contribution >= 4 is 33.9 Å². The summed E-state index contributed by atoms with van der Waals surface area (Å²) in [5, 5.41) is 15.9. The van der Waals surface area contributed by atoms with Gasteiger partial charge in [-0.05, 0) is 31.2 Å². The lowest BCUT2D eigenvalue weighted by Gasteiger charge is -2.19. The zero-order valence-electron chi connectivity index (χ0n) is 11.7. The van der Waals surface area contributed by atoms with Crippen LogP contribution in [0.4, 0.5) is 5.00 Å². The van der Waals surface area contributed by atoms with Crippen molar-refractivity contribution in [2.75, 3.05) is 5.32 Å². The van der Waals surface area contributed by atoms with Gasteiger partial charge in [0.15, 0.2) is 0 Å². The average molecular weight is 307 g/mol. The number of carbonyl (C=O) groups is 2. The van der Waals surface area contributed by atoms with Gasteiger partial charge in [-0.15, -0.1) is 11.3 Å². The number of nitrogens with two attached hydrogens (primary N) is 1. The van der Waals surface area contributed by atoms with E-state index in [1.54, 1.807) is 0 Å². The maximum Gasteiger partial charge on any atom is 0.252 e. The van der Waals surface area contributed by atoms with Crippen molar-refractivity contribution in [3.8, 4) is 0 Å². The van der Waals surface area contributed by atoms with Crippen LogP contribution in [0.2, 0.25) is 0 Å². The monoisotopic (exact) mass is 307 g/mol. The number of anilines is 1. The van der Waals surface area contributed by atoms with Crippen LogP contribution < -0.4 is 11.1 Å². The second-order valence-electron chi connectivity index (χ2n) is 5.67. The predicted molar refractivity (Wildman–Crippen MR) is 80.0 cm³/mol. The van der Waals surface area contributed by atoms with Crippen molar-refractivity contribution in [1.29, 1.82) is 0 Å². The highest BCUT2D eigenvalue weighted by Crippen LogP contribution is 2.40. The van der Waals surface area contributed by atoms with Crippen molar-refractivity contribution in [3.05, 3.63) is 16.0 Å². The minimum atomic E-state index is -0.551. The Morgan fingerprint density at radius 3 is 2.67 bits per heavy atom. The van der Waals surface area contributed by atoms with Crippen LogP contribution in [-0.2, 0) is 11.2 Å². The summed E-state index contributed by atoms with van der Waals surface area (Å²) in [7, 11) is 0. The van der Waals surface area contributed by atoms with E-state index in [1.165, 1.54) is 11.3 Å². The molecule has 7 heteroatoms. The molecule has 1 aromatic rings. The van der Waals surface area contributed by atoms with E-state index in [4.69, 9.17) is 5.73 Å². The van der Waals surface area contributed by atoms with Gasteiger partial charge in [-0.2, -0.15) is 0 Å². The molecular formula is C14H17N3O3S. The zero-order chi connectivity index (χ0) is 15.1. The molecule has 1 saturated carbocycles. The number of primary amides is 1. The number of nitrogens with one attached hydrogen (secondary N) is 1.